The van der Waals surface area contributed by atoms with E-state index in [0.717, 1.165) is 13.0 Å². The lowest BCUT2D eigenvalue weighted by atomic mass is 10.0. The minimum absolute atomic E-state index is 0.274. The number of sulfonamides is 1. The van der Waals surface area contributed by atoms with Crippen LogP contribution in [0, 0.1) is 0 Å². The maximum absolute atomic E-state index is 11.8. The lowest BCUT2D eigenvalue weighted by Gasteiger charge is -2.40. The zero-order chi connectivity index (χ0) is 10.5. The molecule has 0 saturated carbocycles. The SMILES string of the molecule is O=S1(=O)NCC2CCN2c2ncccc21. The molecule has 80 valence electrons. The summed E-state index contributed by atoms with van der Waals surface area (Å²) in [6.45, 7) is 1.38. The monoisotopic (exact) mass is 225 g/mol. The molecule has 1 aromatic rings. The molecule has 1 saturated heterocycles. The maximum Gasteiger partial charge on any atom is 0.244 e. The Kier molecular flexibility index (Phi) is 1.78. The standard InChI is InChI=1S/C9H11N3O2S/c13-15(14)8-2-1-4-10-9(8)12-5-3-7(12)6-11-15/h1-2,4,7,11H,3,5-6H2. The minimum Gasteiger partial charge on any atom is -0.351 e. The Morgan fingerprint density at radius 2 is 2.40 bits per heavy atom. The summed E-state index contributed by atoms with van der Waals surface area (Å²) in [7, 11) is -3.36. The molecule has 0 bridgehead atoms. The van der Waals surface area contributed by atoms with Crippen molar-refractivity contribution >= 4 is 15.8 Å². The van der Waals surface area contributed by atoms with Crippen LogP contribution < -0.4 is 9.62 Å². The lowest BCUT2D eigenvalue weighted by molar-refractivity contribution is 0.442. The molecular weight excluding hydrogens is 214 g/mol. The fraction of sp³-hybridized carbons (Fsp3) is 0.444. The molecule has 6 heteroatoms. The van der Waals surface area contributed by atoms with Gasteiger partial charge in [-0.3, -0.25) is 0 Å². The van der Waals surface area contributed by atoms with E-state index in [9.17, 15) is 8.42 Å². The number of rotatable bonds is 0. The second-order valence-electron chi connectivity index (χ2n) is 3.81. The van der Waals surface area contributed by atoms with Crippen LogP contribution in [0.4, 0.5) is 5.82 Å². The van der Waals surface area contributed by atoms with E-state index >= 15 is 0 Å². The molecule has 1 N–H and O–H groups in total. The number of aromatic nitrogens is 1. The van der Waals surface area contributed by atoms with Gasteiger partial charge >= 0.3 is 0 Å². The first kappa shape index (κ1) is 9.11. The third kappa shape index (κ3) is 1.25. The molecule has 0 radical (unpaired) electrons. The minimum atomic E-state index is -3.36. The maximum atomic E-state index is 11.8. The van der Waals surface area contributed by atoms with E-state index in [-0.39, 0.29) is 6.04 Å². The average molecular weight is 225 g/mol. The van der Waals surface area contributed by atoms with Crippen molar-refractivity contribution in [1.82, 2.24) is 9.71 Å². The van der Waals surface area contributed by atoms with Crippen molar-refractivity contribution in [2.45, 2.75) is 17.4 Å². The number of hydrogen-bond acceptors (Lipinski definition) is 4. The summed E-state index contributed by atoms with van der Waals surface area (Å²) in [5.41, 5.74) is 0. The Balaban J connectivity index is 2.21. The Morgan fingerprint density at radius 1 is 1.53 bits per heavy atom. The predicted molar refractivity (Wildman–Crippen MR) is 55.2 cm³/mol. The van der Waals surface area contributed by atoms with Gasteiger partial charge in [0.05, 0.1) is 0 Å². The van der Waals surface area contributed by atoms with Gasteiger partial charge in [-0.25, -0.2) is 18.1 Å². The summed E-state index contributed by atoms with van der Waals surface area (Å²) in [6.07, 6.45) is 2.66. The molecule has 0 amide bonds. The Morgan fingerprint density at radius 3 is 3.13 bits per heavy atom. The van der Waals surface area contributed by atoms with E-state index in [2.05, 4.69) is 9.71 Å². The molecule has 0 aliphatic carbocycles. The molecule has 0 spiro atoms. The number of anilines is 1. The van der Waals surface area contributed by atoms with Gasteiger partial charge < -0.3 is 4.90 Å². The summed E-state index contributed by atoms with van der Waals surface area (Å²) < 4.78 is 26.3. The van der Waals surface area contributed by atoms with Crippen molar-refractivity contribution in [1.29, 1.82) is 0 Å². The third-order valence-corrected chi connectivity index (χ3v) is 4.41. The summed E-state index contributed by atoms with van der Waals surface area (Å²) >= 11 is 0. The first-order valence-electron chi connectivity index (χ1n) is 4.90. The van der Waals surface area contributed by atoms with Gasteiger partial charge in [0.15, 0.2) is 0 Å². The molecule has 1 atom stereocenters. The molecule has 1 unspecified atom stereocenters. The van der Waals surface area contributed by atoms with Gasteiger partial charge in [0.1, 0.15) is 10.7 Å². The number of nitrogens with zero attached hydrogens (tertiary/aromatic N) is 2. The van der Waals surface area contributed by atoms with Crippen LogP contribution in [-0.2, 0) is 10.0 Å². The van der Waals surface area contributed by atoms with Crippen molar-refractivity contribution in [3.63, 3.8) is 0 Å². The first-order valence-corrected chi connectivity index (χ1v) is 6.38. The Bertz CT molecular complexity index is 500. The zero-order valence-corrected chi connectivity index (χ0v) is 8.87. The van der Waals surface area contributed by atoms with E-state index in [1.54, 1.807) is 18.3 Å². The molecule has 2 aliphatic heterocycles. The van der Waals surface area contributed by atoms with Crippen molar-refractivity contribution in [3.8, 4) is 0 Å². The summed E-state index contributed by atoms with van der Waals surface area (Å²) in [4.78, 5) is 6.51. The number of hydrogen-bond donors (Lipinski definition) is 1. The van der Waals surface area contributed by atoms with Crippen molar-refractivity contribution in [2.75, 3.05) is 18.0 Å². The third-order valence-electron chi connectivity index (χ3n) is 2.97. The molecule has 1 aromatic heterocycles. The van der Waals surface area contributed by atoms with E-state index in [1.165, 1.54) is 0 Å². The van der Waals surface area contributed by atoms with Gasteiger partial charge in [-0.15, -0.1) is 0 Å². The van der Waals surface area contributed by atoms with Crippen LogP contribution in [0.15, 0.2) is 23.2 Å². The Hall–Kier alpha value is -1.14. The van der Waals surface area contributed by atoms with Gasteiger partial charge in [-0.1, -0.05) is 0 Å². The van der Waals surface area contributed by atoms with Crippen LogP contribution in [0.5, 0.6) is 0 Å². The number of nitrogens with one attached hydrogen (secondary N) is 1. The Labute approximate surface area is 88.2 Å². The highest BCUT2D eigenvalue weighted by atomic mass is 32.2. The van der Waals surface area contributed by atoms with Crippen molar-refractivity contribution in [3.05, 3.63) is 18.3 Å². The fourth-order valence-electron chi connectivity index (χ4n) is 2.02. The van der Waals surface area contributed by atoms with Crippen LogP contribution in [-0.4, -0.2) is 32.5 Å². The largest absolute Gasteiger partial charge is 0.351 e. The normalized spacial score (nSPS) is 27.2. The van der Waals surface area contributed by atoms with Gasteiger partial charge in [-0.2, -0.15) is 0 Å². The molecule has 3 heterocycles. The van der Waals surface area contributed by atoms with E-state index in [1.807, 2.05) is 4.90 Å². The molecule has 0 aromatic carbocycles. The lowest BCUT2D eigenvalue weighted by Crippen LogP contribution is -2.52. The fourth-order valence-corrected chi connectivity index (χ4v) is 3.26. The molecule has 15 heavy (non-hydrogen) atoms. The highest BCUT2D eigenvalue weighted by molar-refractivity contribution is 7.89. The second-order valence-corrected chi connectivity index (χ2v) is 5.55. The molecule has 5 nitrogen and oxygen atoms in total. The molecule has 1 fully saturated rings. The van der Waals surface area contributed by atoms with Gasteiger partial charge in [0.2, 0.25) is 10.0 Å². The van der Waals surface area contributed by atoms with Crippen LogP contribution >= 0.6 is 0 Å². The van der Waals surface area contributed by atoms with E-state index in [4.69, 9.17) is 0 Å². The second kappa shape index (κ2) is 2.93. The van der Waals surface area contributed by atoms with Crippen molar-refractivity contribution < 1.29 is 8.42 Å². The van der Waals surface area contributed by atoms with Crippen LogP contribution in [0.3, 0.4) is 0 Å². The van der Waals surface area contributed by atoms with E-state index < -0.39 is 10.0 Å². The first-order chi connectivity index (χ1) is 7.18. The summed E-state index contributed by atoms with van der Waals surface area (Å²) in [5, 5.41) is 0. The number of fused-ring (bicyclic) bond motifs is 3. The van der Waals surface area contributed by atoms with E-state index in [0.29, 0.717) is 17.3 Å². The highest BCUT2D eigenvalue weighted by Crippen LogP contribution is 2.32. The van der Waals surface area contributed by atoms with Crippen molar-refractivity contribution in [2.24, 2.45) is 0 Å². The number of pyridine rings is 1. The highest BCUT2D eigenvalue weighted by Gasteiger charge is 2.37. The van der Waals surface area contributed by atoms with Crippen LogP contribution in [0.1, 0.15) is 6.42 Å². The predicted octanol–water partition coefficient (Wildman–Crippen LogP) is -0.0478. The average Bonchev–Trinajstić information content (AvgIpc) is 2.22. The van der Waals surface area contributed by atoms with Gasteiger partial charge in [0, 0.05) is 25.3 Å². The molecule has 3 rings (SSSR count). The van der Waals surface area contributed by atoms with Gasteiger partial charge in [0.25, 0.3) is 0 Å². The summed E-state index contributed by atoms with van der Waals surface area (Å²) in [5.74, 6) is 0.596. The van der Waals surface area contributed by atoms with Gasteiger partial charge in [-0.05, 0) is 18.6 Å². The topological polar surface area (TPSA) is 62.3 Å². The molecular formula is C9H11N3O2S. The van der Waals surface area contributed by atoms with Crippen LogP contribution in [0.25, 0.3) is 0 Å². The smallest absolute Gasteiger partial charge is 0.244 e. The quantitative estimate of drug-likeness (QED) is 0.672. The summed E-state index contributed by atoms with van der Waals surface area (Å²) in [6, 6.07) is 3.53. The zero-order valence-electron chi connectivity index (χ0n) is 8.05. The molecule has 2 aliphatic rings. The van der Waals surface area contributed by atoms with Crippen LogP contribution in [0.2, 0.25) is 0 Å².